The van der Waals surface area contributed by atoms with Gasteiger partial charge in [-0.3, -0.25) is 0 Å². The van der Waals surface area contributed by atoms with Crippen LogP contribution in [0, 0.1) is 0 Å². The summed E-state index contributed by atoms with van der Waals surface area (Å²) < 4.78 is 55.6. The molecule has 0 saturated heterocycles. The molecule has 0 aliphatic carbocycles. The molecule has 7 nitrogen and oxygen atoms in total. The SMILES string of the molecule is CC[O][Cr](=[O])(=[O])[O][Cr](=[O])(=[O])[OH]. The van der Waals surface area contributed by atoms with Crippen molar-refractivity contribution in [3.8, 4) is 0 Å². The molecule has 68 valence electrons. The summed E-state index contributed by atoms with van der Waals surface area (Å²) in [6.07, 6.45) is 0. The zero-order valence-corrected chi connectivity index (χ0v) is 7.97. The Labute approximate surface area is 67.1 Å². The fraction of sp³-hybridized carbons (Fsp3) is 1.00. The molecular formula is C2H6Cr2O7. The van der Waals surface area contributed by atoms with Gasteiger partial charge in [0.25, 0.3) is 0 Å². The molecule has 0 aromatic heterocycles. The first-order valence-corrected chi connectivity index (χ1v) is 6.56. The molecule has 0 heterocycles. The van der Waals surface area contributed by atoms with E-state index in [1.807, 2.05) is 0 Å². The monoisotopic (exact) mass is 246 g/mol. The van der Waals surface area contributed by atoms with Crippen LogP contribution in [0.1, 0.15) is 6.92 Å². The number of hydrogen-bond donors (Lipinski definition) is 1. The Hall–Kier alpha value is 0.145. The molecule has 0 aromatic carbocycles. The molecule has 0 aliphatic heterocycles. The first-order chi connectivity index (χ1) is 4.77. The molecule has 0 aromatic rings. The summed E-state index contributed by atoms with van der Waals surface area (Å²) in [7, 11) is 0. The molecule has 0 spiro atoms. The standard InChI is InChI=1S/C2H5O.2Cr.H2O.5O/c1-2-3;;;;;;;;/h2H2,1H3;;;1H2;;;;;/q-1;2*+1;;;;;;/p-1. The van der Waals surface area contributed by atoms with Gasteiger partial charge in [0.1, 0.15) is 0 Å². The second-order valence-corrected chi connectivity index (χ2v) is 5.38. The maximum atomic E-state index is 10.4. The van der Waals surface area contributed by atoms with E-state index in [1.54, 1.807) is 0 Å². The number of rotatable bonds is 4. The summed E-state index contributed by atoms with van der Waals surface area (Å²) in [4.78, 5) is 0. The molecule has 0 atom stereocenters. The van der Waals surface area contributed by atoms with Crippen LogP contribution < -0.4 is 0 Å². The minimum absolute atomic E-state index is 0.236. The van der Waals surface area contributed by atoms with Crippen molar-refractivity contribution in [3.05, 3.63) is 0 Å². The van der Waals surface area contributed by atoms with Crippen molar-refractivity contribution in [2.45, 2.75) is 6.92 Å². The van der Waals surface area contributed by atoms with Crippen LogP contribution in [0.3, 0.4) is 0 Å². The summed E-state index contributed by atoms with van der Waals surface area (Å²) in [6, 6.07) is 0. The summed E-state index contributed by atoms with van der Waals surface area (Å²) in [5.41, 5.74) is 0. The fourth-order valence-electron chi connectivity index (χ4n) is 0.269. The van der Waals surface area contributed by atoms with Crippen molar-refractivity contribution in [2.75, 3.05) is 6.61 Å². The van der Waals surface area contributed by atoms with Crippen molar-refractivity contribution in [1.82, 2.24) is 0 Å². The zero-order chi connectivity index (χ0) is 9.12. The van der Waals surface area contributed by atoms with Gasteiger partial charge in [0.05, 0.1) is 0 Å². The summed E-state index contributed by atoms with van der Waals surface area (Å²) in [5, 5.41) is 0. The first-order valence-electron chi connectivity index (χ1n) is 2.35. The fourth-order valence-corrected chi connectivity index (χ4v) is 2.72. The van der Waals surface area contributed by atoms with Gasteiger partial charge in [-0.15, -0.1) is 0 Å². The van der Waals surface area contributed by atoms with E-state index in [2.05, 4.69) is 6.63 Å². The van der Waals surface area contributed by atoms with Crippen LogP contribution in [0.4, 0.5) is 0 Å². The van der Waals surface area contributed by atoms with Gasteiger partial charge in [0.2, 0.25) is 0 Å². The molecule has 0 saturated carbocycles. The topological polar surface area (TPSA) is 107 Å². The minimum atomic E-state index is -5.67. The van der Waals surface area contributed by atoms with Crippen molar-refractivity contribution in [2.24, 2.45) is 0 Å². The quantitative estimate of drug-likeness (QED) is 0.704. The third kappa shape index (κ3) is 6.54. The molecule has 9 heteroatoms. The van der Waals surface area contributed by atoms with E-state index in [0.717, 1.165) is 0 Å². The molecular weight excluding hydrogens is 240 g/mol. The second kappa shape index (κ2) is 3.70. The van der Waals surface area contributed by atoms with Crippen LogP contribution in [0.2, 0.25) is 0 Å². The van der Waals surface area contributed by atoms with E-state index < -0.39 is 27.2 Å². The molecule has 0 amide bonds. The maximum absolute atomic E-state index is 10.4. The van der Waals surface area contributed by atoms with Crippen LogP contribution in [-0.2, 0) is 49.1 Å². The van der Waals surface area contributed by atoms with Gasteiger partial charge in [-0.05, 0) is 0 Å². The second-order valence-electron chi connectivity index (χ2n) is 1.31. The van der Waals surface area contributed by atoms with Gasteiger partial charge in [-0.2, -0.15) is 0 Å². The Balaban J connectivity index is 4.40. The first kappa shape index (κ1) is 11.1. The Bertz CT molecular complexity index is 295. The van der Waals surface area contributed by atoms with E-state index in [0.29, 0.717) is 0 Å². The Morgan fingerprint density at radius 1 is 1.27 bits per heavy atom. The average Bonchev–Trinajstić information content (AvgIpc) is 1.55. The van der Waals surface area contributed by atoms with E-state index >= 15 is 0 Å². The normalized spacial score (nSPS) is 13.3. The third-order valence-corrected chi connectivity index (χ3v) is 3.96. The van der Waals surface area contributed by atoms with Crippen LogP contribution in [0.15, 0.2) is 0 Å². The van der Waals surface area contributed by atoms with E-state index in [9.17, 15) is 15.2 Å². The molecule has 1 N–H and O–H groups in total. The predicted molar refractivity (Wildman–Crippen MR) is 17.7 cm³/mol. The van der Waals surface area contributed by atoms with E-state index in [4.69, 9.17) is 4.16 Å². The van der Waals surface area contributed by atoms with Crippen LogP contribution >= 0.6 is 0 Å². The van der Waals surface area contributed by atoms with E-state index in [1.165, 1.54) is 6.92 Å². The zero-order valence-electron chi connectivity index (χ0n) is 5.42. The van der Waals surface area contributed by atoms with Gasteiger partial charge >= 0.3 is 66.8 Å². The van der Waals surface area contributed by atoms with Gasteiger partial charge in [-0.25, -0.2) is 0 Å². The van der Waals surface area contributed by atoms with Gasteiger partial charge < -0.3 is 0 Å². The number of hydrogen-bond acceptors (Lipinski definition) is 6. The van der Waals surface area contributed by atoms with Crippen LogP contribution in [-0.4, -0.2) is 10.8 Å². The van der Waals surface area contributed by atoms with Crippen LogP contribution in [0.5, 0.6) is 0 Å². The van der Waals surface area contributed by atoms with Gasteiger partial charge in [0, 0.05) is 0 Å². The summed E-state index contributed by atoms with van der Waals surface area (Å²) in [5.74, 6) is 0. The Kier molecular flexibility index (Phi) is 3.75. The molecule has 0 fully saturated rings. The molecule has 0 radical (unpaired) electrons. The third-order valence-electron chi connectivity index (χ3n) is 0.432. The molecule has 0 aliphatic rings. The van der Waals surface area contributed by atoms with Crippen LogP contribution in [0.25, 0.3) is 0 Å². The van der Waals surface area contributed by atoms with E-state index in [-0.39, 0.29) is 6.61 Å². The summed E-state index contributed by atoms with van der Waals surface area (Å²) >= 11 is -11.0. The molecule has 11 heavy (non-hydrogen) atoms. The Morgan fingerprint density at radius 2 is 1.73 bits per heavy atom. The van der Waals surface area contributed by atoms with Crippen molar-refractivity contribution in [3.63, 3.8) is 0 Å². The van der Waals surface area contributed by atoms with Crippen molar-refractivity contribution in [1.29, 1.82) is 0 Å². The molecule has 0 bridgehead atoms. The van der Waals surface area contributed by atoms with Crippen molar-refractivity contribution < 1.29 is 53.2 Å². The molecule has 0 rings (SSSR count). The van der Waals surface area contributed by atoms with Gasteiger partial charge in [0.15, 0.2) is 0 Å². The summed E-state index contributed by atoms with van der Waals surface area (Å²) in [6.45, 7) is 1.10. The van der Waals surface area contributed by atoms with Gasteiger partial charge in [-0.1, -0.05) is 0 Å². The van der Waals surface area contributed by atoms with Crippen molar-refractivity contribution >= 4 is 0 Å². The average molecular weight is 246 g/mol. The molecule has 0 unspecified atom stereocenters. The Morgan fingerprint density at radius 3 is 2.00 bits per heavy atom. The predicted octanol–water partition coefficient (Wildman–Crippen LogP) is -0.618.